The number of piperazine rings is 1. The van der Waals surface area contributed by atoms with Gasteiger partial charge in [-0.15, -0.1) is 0 Å². The lowest BCUT2D eigenvalue weighted by Gasteiger charge is -2.38. The van der Waals surface area contributed by atoms with Gasteiger partial charge in [0.1, 0.15) is 23.4 Å². The third-order valence-electron chi connectivity index (χ3n) is 15.1. The van der Waals surface area contributed by atoms with Crippen LogP contribution < -0.4 is 42.4 Å². The highest BCUT2D eigenvalue weighted by atomic mass is 16.5. The van der Waals surface area contributed by atoms with Crippen molar-refractivity contribution >= 4 is 29.5 Å². The van der Waals surface area contributed by atoms with Gasteiger partial charge in [-0.2, -0.15) is 5.10 Å². The molecule has 19 nitrogen and oxygen atoms in total. The molecule has 19 heteroatoms. The number of nitrogens with two attached hydrogens (primary N) is 3. The number of piperidine rings is 2. The SMILES string of the molecule is CC(NC(=O)C(CCCNC=O)Cc1cc(N2CCC(CN3CCC(O)CC3)CC2)no1)c1ccc(-c2ccnn2C)cc1.CCC.NC(N)=C(/C=C(\N)c1ccccc1O)N1CCN(c2ccnc(OC3CCC3)c2)CC1. The monoisotopic (exact) mass is 1070 g/mol. The number of phenolic OH excluding ortho intramolecular Hbond substituents is 1. The molecule has 3 aliphatic heterocycles. The molecule has 10 N–H and O–H groups in total. The van der Waals surface area contributed by atoms with E-state index in [2.05, 4.69) is 71.5 Å². The minimum absolute atomic E-state index is 0.0386. The quantitative estimate of drug-likeness (QED) is 0.0245. The van der Waals surface area contributed by atoms with E-state index in [1.165, 1.54) is 12.8 Å². The normalized spacial score (nSPS) is 17.3. The van der Waals surface area contributed by atoms with Gasteiger partial charge in [0, 0.05) is 126 Å². The number of carbonyl (C=O) groups excluding carboxylic acids is 2. The summed E-state index contributed by atoms with van der Waals surface area (Å²) in [5, 5.41) is 34.4. The number of amides is 2. The van der Waals surface area contributed by atoms with Crippen molar-refractivity contribution in [3.63, 3.8) is 0 Å². The zero-order chi connectivity index (χ0) is 55.4. The van der Waals surface area contributed by atoms with Gasteiger partial charge in [-0.1, -0.05) is 61.8 Å². The number of pyridine rings is 1. The second-order valence-corrected chi connectivity index (χ2v) is 21.1. The Morgan fingerprint density at radius 3 is 2.24 bits per heavy atom. The highest BCUT2D eigenvalue weighted by Gasteiger charge is 2.28. The Kier molecular flexibility index (Phi) is 22.1. The van der Waals surface area contributed by atoms with E-state index in [9.17, 15) is 19.8 Å². The number of hydrogen-bond donors (Lipinski definition) is 7. The number of aliphatic hydroxyl groups is 1. The fraction of sp³-hybridized carbons (Fsp3) is 0.508. The van der Waals surface area contributed by atoms with Crippen molar-refractivity contribution in [2.45, 2.75) is 110 Å². The number of anilines is 2. The van der Waals surface area contributed by atoms with Crippen molar-refractivity contribution in [1.82, 2.24) is 40.4 Å². The molecule has 2 unspecified atom stereocenters. The number of nitrogens with zero attached hydrogens (tertiary/aromatic N) is 8. The molecule has 0 bridgehead atoms. The molecular formula is C59H85N13O6. The van der Waals surface area contributed by atoms with Gasteiger partial charge in [-0.25, -0.2) is 4.98 Å². The van der Waals surface area contributed by atoms with Gasteiger partial charge < -0.3 is 66.9 Å². The van der Waals surface area contributed by atoms with Gasteiger partial charge in [0.25, 0.3) is 0 Å². The highest BCUT2D eigenvalue weighted by Crippen LogP contribution is 2.30. The zero-order valence-electron chi connectivity index (χ0n) is 46.3. The summed E-state index contributed by atoms with van der Waals surface area (Å²) in [6.07, 6.45) is 16.6. The summed E-state index contributed by atoms with van der Waals surface area (Å²) in [6, 6.07) is 22.9. The van der Waals surface area contributed by atoms with Crippen LogP contribution in [-0.2, 0) is 23.1 Å². The summed E-state index contributed by atoms with van der Waals surface area (Å²) in [4.78, 5) is 37.8. The third-order valence-corrected chi connectivity index (χ3v) is 15.1. The molecule has 9 rings (SSSR count). The largest absolute Gasteiger partial charge is 0.507 e. The molecule has 6 heterocycles. The number of hydrogen-bond acceptors (Lipinski definition) is 16. The van der Waals surface area contributed by atoms with E-state index in [0.717, 1.165) is 126 Å². The maximum absolute atomic E-state index is 13.5. The van der Waals surface area contributed by atoms with E-state index in [1.54, 1.807) is 36.7 Å². The van der Waals surface area contributed by atoms with Crippen LogP contribution in [0.15, 0.2) is 107 Å². The predicted octanol–water partition coefficient (Wildman–Crippen LogP) is 6.65. The molecule has 422 valence electrons. The van der Waals surface area contributed by atoms with Crippen LogP contribution in [0.25, 0.3) is 17.0 Å². The van der Waals surface area contributed by atoms with E-state index in [4.69, 9.17) is 26.5 Å². The van der Waals surface area contributed by atoms with Gasteiger partial charge in [0.05, 0.1) is 23.5 Å². The molecule has 0 radical (unpaired) electrons. The zero-order valence-corrected chi connectivity index (χ0v) is 46.3. The van der Waals surface area contributed by atoms with Gasteiger partial charge in [-0.3, -0.25) is 14.3 Å². The van der Waals surface area contributed by atoms with Crippen LogP contribution in [-0.4, -0.2) is 130 Å². The lowest BCUT2D eigenvalue weighted by molar-refractivity contribution is -0.126. The van der Waals surface area contributed by atoms with Crippen molar-refractivity contribution in [2.75, 3.05) is 75.2 Å². The summed E-state index contributed by atoms with van der Waals surface area (Å²) >= 11 is 0. The average Bonchev–Trinajstić information content (AvgIpc) is 4.12. The van der Waals surface area contributed by atoms with Crippen molar-refractivity contribution in [1.29, 1.82) is 0 Å². The maximum Gasteiger partial charge on any atom is 0.224 e. The number of nitrogens with one attached hydrogen (secondary N) is 2. The number of ether oxygens (including phenoxy) is 1. The van der Waals surface area contributed by atoms with Crippen molar-refractivity contribution in [2.24, 2.45) is 36.1 Å². The Bertz CT molecular complexity index is 2680. The number of carbonyl (C=O) groups is 2. The summed E-state index contributed by atoms with van der Waals surface area (Å²) in [7, 11) is 1.92. The van der Waals surface area contributed by atoms with Crippen molar-refractivity contribution in [3.8, 4) is 22.9 Å². The summed E-state index contributed by atoms with van der Waals surface area (Å²) < 4.78 is 13.5. The number of allylic oxidation sites excluding steroid dienone is 1. The van der Waals surface area contributed by atoms with Crippen LogP contribution in [0, 0.1) is 11.8 Å². The smallest absolute Gasteiger partial charge is 0.224 e. The van der Waals surface area contributed by atoms with Crippen LogP contribution >= 0.6 is 0 Å². The fourth-order valence-electron chi connectivity index (χ4n) is 10.3. The number of likely N-dealkylation sites (tertiary alicyclic amines) is 1. The average molecular weight is 1070 g/mol. The van der Waals surface area contributed by atoms with Gasteiger partial charge in [0.2, 0.25) is 18.2 Å². The van der Waals surface area contributed by atoms with E-state index >= 15 is 0 Å². The number of aryl methyl sites for hydroxylation is 1. The fourth-order valence-corrected chi connectivity index (χ4v) is 10.3. The number of aliphatic hydroxyl groups excluding tert-OH is 1. The lowest BCUT2D eigenvalue weighted by Crippen LogP contribution is -2.46. The predicted molar refractivity (Wildman–Crippen MR) is 307 cm³/mol. The molecule has 2 atom stereocenters. The molecular weight excluding hydrogens is 987 g/mol. The Labute approximate surface area is 460 Å². The summed E-state index contributed by atoms with van der Waals surface area (Å²) in [6.45, 7) is 14.8. The van der Waals surface area contributed by atoms with Crippen molar-refractivity contribution < 1.29 is 29.1 Å². The summed E-state index contributed by atoms with van der Waals surface area (Å²) in [5.74, 6) is 2.86. The first-order valence-corrected chi connectivity index (χ1v) is 28.1. The molecule has 3 saturated heterocycles. The number of phenols is 1. The number of aromatic hydroxyl groups is 1. The Morgan fingerprint density at radius 1 is 0.885 bits per heavy atom. The van der Waals surface area contributed by atoms with E-state index < -0.39 is 0 Å². The van der Waals surface area contributed by atoms with Gasteiger partial charge >= 0.3 is 0 Å². The lowest BCUT2D eigenvalue weighted by atomic mass is 9.94. The standard InChI is InChI=1S/C33H47N7O4.C23H30N6O2.C3H8/c1-24(26-5-7-27(8-6-26)31-9-15-35-38(31)2)36-33(43)28(4-3-14-34-23-41)20-30-21-32(37-44-30)40-18-10-25(11-19-40)22-39-16-12-29(42)13-17-39;24-19(18-6-1-2-7-21(18)30)15-20(23(25)26)29-12-10-28(11-13-29)16-8-9-27-22(14-16)31-17-4-3-5-17;1-3-2/h5-9,15,21,23-25,28-29,42H,3-4,10-14,16-20,22H2,1-2H3,(H,34,41)(H,36,43);1-2,6-9,14-15,17,30H,3-5,10-13,24-26H2;3H2,1-2H3/b;19-15-;. The van der Waals surface area contributed by atoms with Gasteiger partial charge in [-0.05, 0) is 112 Å². The van der Waals surface area contributed by atoms with Crippen LogP contribution in [0.5, 0.6) is 11.6 Å². The van der Waals surface area contributed by atoms with Gasteiger partial charge in [0.15, 0.2) is 5.82 Å². The minimum atomic E-state index is -0.311. The molecule has 2 amide bonds. The second kappa shape index (κ2) is 29.5. The molecule has 1 saturated carbocycles. The van der Waals surface area contributed by atoms with Crippen LogP contribution in [0.2, 0.25) is 0 Å². The topological polar surface area (TPSA) is 256 Å². The summed E-state index contributed by atoms with van der Waals surface area (Å²) in [5.41, 5.74) is 24.0. The number of benzene rings is 2. The van der Waals surface area contributed by atoms with E-state index in [1.807, 2.05) is 61.1 Å². The first-order chi connectivity index (χ1) is 37.8. The third kappa shape index (κ3) is 16.9. The minimum Gasteiger partial charge on any atom is -0.507 e. The molecule has 0 spiro atoms. The first kappa shape index (κ1) is 58.4. The Balaban J connectivity index is 0.000000227. The molecule has 5 aromatic rings. The Morgan fingerprint density at radius 2 is 1.60 bits per heavy atom. The van der Waals surface area contributed by atoms with Crippen LogP contribution in [0.1, 0.15) is 108 Å². The first-order valence-electron chi connectivity index (χ1n) is 28.1. The molecule has 78 heavy (non-hydrogen) atoms. The molecule has 4 fully saturated rings. The van der Waals surface area contributed by atoms with Crippen LogP contribution in [0.3, 0.4) is 0 Å². The second-order valence-electron chi connectivity index (χ2n) is 21.1. The van der Waals surface area contributed by atoms with E-state index in [0.29, 0.717) is 72.8 Å². The number of rotatable bonds is 20. The number of para-hydroxylation sites is 1. The Hall–Kier alpha value is -7.25. The number of aromatic nitrogens is 4. The van der Waals surface area contributed by atoms with E-state index in [-0.39, 0.29) is 35.5 Å². The maximum atomic E-state index is 13.5. The van der Waals surface area contributed by atoms with Crippen LogP contribution in [0.4, 0.5) is 11.5 Å². The van der Waals surface area contributed by atoms with Crippen molar-refractivity contribution in [3.05, 3.63) is 120 Å². The molecule has 2 aromatic carbocycles. The highest BCUT2D eigenvalue weighted by molar-refractivity contribution is 5.79. The molecule has 3 aromatic heterocycles. The molecule has 4 aliphatic rings. The molecule has 1 aliphatic carbocycles.